The van der Waals surface area contributed by atoms with Gasteiger partial charge in [0.05, 0.1) is 25.9 Å². The summed E-state index contributed by atoms with van der Waals surface area (Å²) in [6.45, 7) is 10.2. The van der Waals surface area contributed by atoms with E-state index in [9.17, 15) is 4.79 Å². The van der Waals surface area contributed by atoms with Crippen molar-refractivity contribution in [2.45, 2.75) is 39.9 Å². The molecule has 2 heterocycles. The molecule has 5 nitrogen and oxygen atoms in total. The van der Waals surface area contributed by atoms with Crippen molar-refractivity contribution < 1.29 is 14.3 Å². The summed E-state index contributed by atoms with van der Waals surface area (Å²) in [6, 6.07) is 9.89. The molecule has 2 atom stereocenters. The van der Waals surface area contributed by atoms with E-state index in [1.54, 1.807) is 7.11 Å². The van der Waals surface area contributed by atoms with E-state index in [0.717, 1.165) is 41.5 Å². The summed E-state index contributed by atoms with van der Waals surface area (Å²) in [4.78, 5) is 15.1. The van der Waals surface area contributed by atoms with Crippen LogP contribution in [0.3, 0.4) is 0 Å². The van der Waals surface area contributed by atoms with Gasteiger partial charge in [0.2, 0.25) is 0 Å². The van der Waals surface area contributed by atoms with Crippen molar-refractivity contribution >= 4 is 5.78 Å². The monoisotopic (exact) mass is 356 g/mol. The first-order chi connectivity index (χ1) is 12.4. The Hall–Kier alpha value is -2.11. The summed E-state index contributed by atoms with van der Waals surface area (Å²) in [5, 5.41) is 0. The highest BCUT2D eigenvalue weighted by molar-refractivity contribution is 5.99. The lowest BCUT2D eigenvalue weighted by molar-refractivity contribution is -0.0652. The Morgan fingerprint density at radius 1 is 1.15 bits per heavy atom. The maximum atomic E-state index is 12.9. The maximum absolute atomic E-state index is 12.9. The molecule has 2 aromatic rings. The second-order valence-corrected chi connectivity index (χ2v) is 7.19. The molecule has 0 N–H and O–H groups in total. The van der Waals surface area contributed by atoms with Crippen LogP contribution in [0.2, 0.25) is 0 Å². The molecule has 0 bridgehead atoms. The van der Waals surface area contributed by atoms with Crippen LogP contribution >= 0.6 is 0 Å². The van der Waals surface area contributed by atoms with E-state index >= 15 is 0 Å². The summed E-state index contributed by atoms with van der Waals surface area (Å²) in [5.41, 5.74) is 3.87. The Morgan fingerprint density at radius 3 is 2.35 bits per heavy atom. The molecule has 0 spiro atoms. The van der Waals surface area contributed by atoms with Crippen LogP contribution in [0.15, 0.2) is 30.3 Å². The molecule has 1 aliphatic heterocycles. The third-order valence-corrected chi connectivity index (χ3v) is 4.92. The second-order valence-electron chi connectivity index (χ2n) is 7.19. The molecule has 0 saturated carbocycles. The average molecular weight is 356 g/mol. The second kappa shape index (κ2) is 7.64. The quantitative estimate of drug-likeness (QED) is 0.770. The molecule has 1 saturated heterocycles. The normalized spacial score (nSPS) is 21.0. The van der Waals surface area contributed by atoms with Gasteiger partial charge in [0.15, 0.2) is 5.78 Å². The van der Waals surface area contributed by atoms with Crippen LogP contribution in [0.25, 0.3) is 5.69 Å². The van der Waals surface area contributed by atoms with E-state index < -0.39 is 0 Å². The van der Waals surface area contributed by atoms with Crippen LogP contribution in [-0.2, 0) is 4.74 Å². The van der Waals surface area contributed by atoms with Crippen molar-refractivity contribution in [3.8, 4) is 11.4 Å². The van der Waals surface area contributed by atoms with Crippen molar-refractivity contribution in [2.24, 2.45) is 0 Å². The zero-order valence-corrected chi connectivity index (χ0v) is 16.3. The van der Waals surface area contributed by atoms with E-state index in [4.69, 9.17) is 9.47 Å². The molecule has 1 aromatic heterocycles. The molecule has 26 heavy (non-hydrogen) atoms. The van der Waals surface area contributed by atoms with Crippen molar-refractivity contribution in [3.63, 3.8) is 0 Å². The number of aryl methyl sites for hydroxylation is 1. The number of carbonyl (C=O) groups excluding carboxylic acids is 1. The summed E-state index contributed by atoms with van der Waals surface area (Å²) in [6.07, 6.45) is 0.330. The van der Waals surface area contributed by atoms with Gasteiger partial charge in [-0.3, -0.25) is 9.69 Å². The highest BCUT2D eigenvalue weighted by Crippen LogP contribution is 2.23. The molecule has 0 amide bonds. The number of ketones is 1. The highest BCUT2D eigenvalue weighted by Gasteiger charge is 2.25. The molecular formula is C21H28N2O3. The summed E-state index contributed by atoms with van der Waals surface area (Å²) < 4.78 is 13.1. The first-order valence-corrected chi connectivity index (χ1v) is 9.13. The number of benzene rings is 1. The molecule has 0 aliphatic carbocycles. The van der Waals surface area contributed by atoms with Crippen LogP contribution in [0, 0.1) is 13.8 Å². The Morgan fingerprint density at radius 2 is 1.77 bits per heavy atom. The maximum Gasteiger partial charge on any atom is 0.178 e. The van der Waals surface area contributed by atoms with Crippen molar-refractivity contribution in [2.75, 3.05) is 26.7 Å². The van der Waals surface area contributed by atoms with Gasteiger partial charge in [-0.2, -0.15) is 0 Å². The van der Waals surface area contributed by atoms with Crippen LogP contribution in [0.4, 0.5) is 0 Å². The van der Waals surface area contributed by atoms with Gasteiger partial charge in [-0.1, -0.05) is 0 Å². The fraction of sp³-hybridized carbons (Fsp3) is 0.476. The van der Waals surface area contributed by atoms with E-state index in [-0.39, 0.29) is 18.0 Å². The molecule has 0 radical (unpaired) electrons. The number of hydrogen-bond donors (Lipinski definition) is 0. The fourth-order valence-electron chi connectivity index (χ4n) is 3.88. The Kier molecular flexibility index (Phi) is 5.49. The number of carbonyl (C=O) groups is 1. The predicted molar refractivity (Wildman–Crippen MR) is 103 cm³/mol. The Bertz CT molecular complexity index is 769. The first-order valence-electron chi connectivity index (χ1n) is 9.13. The highest BCUT2D eigenvalue weighted by atomic mass is 16.5. The number of hydrogen-bond acceptors (Lipinski definition) is 4. The predicted octanol–water partition coefficient (Wildman–Crippen LogP) is 3.39. The van der Waals surface area contributed by atoms with Crippen LogP contribution < -0.4 is 4.74 Å². The van der Waals surface area contributed by atoms with Gasteiger partial charge in [-0.25, -0.2) is 0 Å². The molecule has 1 aromatic carbocycles. The van der Waals surface area contributed by atoms with Crippen LogP contribution in [-0.4, -0.2) is 54.2 Å². The smallest absolute Gasteiger partial charge is 0.178 e. The van der Waals surface area contributed by atoms with Crippen LogP contribution in [0.5, 0.6) is 5.75 Å². The zero-order valence-electron chi connectivity index (χ0n) is 16.3. The topological polar surface area (TPSA) is 43.7 Å². The standard InChI is InChI=1S/C21H28N2O3/c1-14-10-20(21(24)13-22-11-15(2)26-16(3)12-22)17(4)23(14)18-6-8-19(25-5)9-7-18/h6-10,15-16H,11-13H2,1-5H3/t15-,16+. The van der Waals surface area contributed by atoms with E-state index in [0.29, 0.717) is 6.54 Å². The SMILES string of the molecule is COc1ccc(-n2c(C)cc(C(=O)CN3C[C@@H](C)O[C@@H](C)C3)c2C)cc1. The summed E-state index contributed by atoms with van der Waals surface area (Å²) in [5.74, 6) is 0.988. The van der Waals surface area contributed by atoms with E-state index in [2.05, 4.69) is 23.3 Å². The number of ether oxygens (including phenoxy) is 2. The third-order valence-electron chi connectivity index (χ3n) is 4.92. The lowest BCUT2D eigenvalue weighted by atomic mass is 10.1. The zero-order chi connectivity index (χ0) is 18.8. The van der Waals surface area contributed by atoms with Gasteiger partial charge >= 0.3 is 0 Å². The van der Waals surface area contributed by atoms with Gasteiger partial charge in [-0.05, 0) is 58.0 Å². The minimum atomic E-state index is 0.165. The van der Waals surface area contributed by atoms with Gasteiger partial charge in [-0.15, -0.1) is 0 Å². The molecule has 1 aliphatic rings. The van der Waals surface area contributed by atoms with Gasteiger partial charge in [0.1, 0.15) is 5.75 Å². The van der Waals surface area contributed by atoms with Gasteiger partial charge in [0, 0.05) is 35.7 Å². The minimum absolute atomic E-state index is 0.165. The van der Waals surface area contributed by atoms with E-state index in [1.165, 1.54) is 0 Å². The largest absolute Gasteiger partial charge is 0.497 e. The summed E-state index contributed by atoms with van der Waals surface area (Å²) >= 11 is 0. The van der Waals surface area contributed by atoms with Gasteiger partial charge < -0.3 is 14.0 Å². The minimum Gasteiger partial charge on any atom is -0.497 e. The number of aromatic nitrogens is 1. The average Bonchev–Trinajstić information content (AvgIpc) is 2.89. The van der Waals surface area contributed by atoms with Crippen molar-refractivity contribution in [3.05, 3.63) is 47.3 Å². The molecule has 1 fully saturated rings. The fourth-order valence-corrected chi connectivity index (χ4v) is 3.88. The van der Waals surface area contributed by atoms with Crippen LogP contribution in [0.1, 0.15) is 35.6 Å². The van der Waals surface area contributed by atoms with Crippen molar-refractivity contribution in [1.82, 2.24) is 9.47 Å². The lowest BCUT2D eigenvalue weighted by Gasteiger charge is -2.34. The van der Waals surface area contributed by atoms with E-state index in [1.807, 2.05) is 44.2 Å². The first kappa shape index (κ1) is 18.7. The number of morpholine rings is 1. The number of rotatable bonds is 5. The third kappa shape index (κ3) is 3.84. The number of nitrogens with zero attached hydrogens (tertiary/aromatic N) is 2. The Balaban J connectivity index is 1.81. The van der Waals surface area contributed by atoms with Crippen molar-refractivity contribution in [1.29, 1.82) is 0 Å². The molecule has 3 rings (SSSR count). The lowest BCUT2D eigenvalue weighted by Crippen LogP contribution is -2.47. The number of methoxy groups -OCH3 is 1. The number of Topliss-reactive ketones (excluding diaryl/α,β-unsaturated/α-hetero) is 1. The molecule has 5 heteroatoms. The summed E-state index contributed by atoms with van der Waals surface area (Å²) in [7, 11) is 1.66. The Labute approximate surface area is 155 Å². The molecule has 0 unspecified atom stereocenters. The molecule has 140 valence electrons. The molecular weight excluding hydrogens is 328 g/mol. The van der Waals surface area contributed by atoms with Gasteiger partial charge in [0.25, 0.3) is 0 Å².